The van der Waals surface area contributed by atoms with Crippen molar-refractivity contribution in [2.24, 2.45) is 0 Å². The summed E-state index contributed by atoms with van der Waals surface area (Å²) in [6.45, 7) is 1.87. The molecule has 0 spiro atoms. The van der Waals surface area contributed by atoms with Crippen molar-refractivity contribution in [3.63, 3.8) is 0 Å². The molecule has 0 aliphatic heterocycles. The Morgan fingerprint density at radius 1 is 1.60 bits per heavy atom. The van der Waals surface area contributed by atoms with Crippen LogP contribution in [0.15, 0.2) is 12.3 Å². The van der Waals surface area contributed by atoms with Gasteiger partial charge in [-0.3, -0.25) is 3.87 Å². The summed E-state index contributed by atoms with van der Waals surface area (Å²) in [5.74, 6) is 0. The molecule has 0 heterocycles. The maximum absolute atomic E-state index is 10.4. The van der Waals surface area contributed by atoms with Gasteiger partial charge in [0.25, 0.3) is 0 Å². The first kappa shape index (κ1) is 9.67. The third kappa shape index (κ3) is 4.54. The molecule has 0 aliphatic carbocycles. The van der Waals surface area contributed by atoms with Crippen LogP contribution in [-0.2, 0) is 18.5 Å². The zero-order valence-electron chi connectivity index (χ0n) is 5.90. The minimum Gasteiger partial charge on any atom is -0.371 e. The first-order valence-electron chi connectivity index (χ1n) is 2.76. The molecule has 0 radical (unpaired) electrons. The first-order valence-corrected chi connectivity index (χ1v) is 4.91. The molecule has 0 aliphatic rings. The van der Waals surface area contributed by atoms with Gasteiger partial charge < -0.3 is 4.18 Å². The molecule has 0 N–H and O–H groups in total. The Labute approximate surface area is 63.7 Å². The standard InChI is InChI=1S/C4H10O4SSi/c1-2-3-4-7-9(5,6)8-10/h3-4H,2H2,1,10H3. The van der Waals surface area contributed by atoms with Crippen molar-refractivity contribution < 1.29 is 16.5 Å². The second-order valence-corrected chi connectivity index (χ2v) is 3.79. The molecule has 0 saturated carbocycles. The lowest BCUT2D eigenvalue weighted by Gasteiger charge is -1.96. The zero-order chi connectivity index (χ0) is 8.04. The summed E-state index contributed by atoms with van der Waals surface area (Å²) < 4.78 is 29.2. The monoisotopic (exact) mass is 182 g/mol. The van der Waals surface area contributed by atoms with Crippen LogP contribution in [0.4, 0.5) is 0 Å². The Morgan fingerprint density at radius 3 is 2.60 bits per heavy atom. The third-order valence-corrected chi connectivity index (χ3v) is 2.69. The van der Waals surface area contributed by atoms with Crippen LogP contribution in [0.25, 0.3) is 0 Å². The van der Waals surface area contributed by atoms with Gasteiger partial charge in [0.05, 0.1) is 0 Å². The van der Waals surface area contributed by atoms with Gasteiger partial charge in [-0.25, -0.2) is 0 Å². The van der Waals surface area contributed by atoms with Gasteiger partial charge in [-0.05, 0) is 12.5 Å². The summed E-state index contributed by atoms with van der Waals surface area (Å²) in [4.78, 5) is 0. The molecule has 0 aromatic carbocycles. The maximum atomic E-state index is 10.4. The lowest BCUT2D eigenvalue weighted by Crippen LogP contribution is -2.03. The van der Waals surface area contributed by atoms with Crippen molar-refractivity contribution >= 4 is 20.9 Å². The highest BCUT2D eigenvalue weighted by atomic mass is 32.3. The van der Waals surface area contributed by atoms with Gasteiger partial charge in [0.2, 0.25) is 0 Å². The fourth-order valence-corrected chi connectivity index (χ4v) is 0.772. The van der Waals surface area contributed by atoms with Gasteiger partial charge in [0.15, 0.2) is 10.5 Å². The number of hydrogen-bond acceptors (Lipinski definition) is 4. The van der Waals surface area contributed by atoms with Crippen molar-refractivity contribution in [3.8, 4) is 0 Å². The van der Waals surface area contributed by atoms with Crippen LogP contribution < -0.4 is 0 Å². The predicted molar refractivity (Wildman–Crippen MR) is 40.5 cm³/mol. The average Bonchev–Trinajstić information content (AvgIpc) is 1.89. The van der Waals surface area contributed by atoms with Crippen molar-refractivity contribution in [3.05, 3.63) is 12.3 Å². The van der Waals surface area contributed by atoms with E-state index in [0.29, 0.717) is 0 Å². The Kier molecular flexibility index (Phi) is 4.33. The first-order chi connectivity index (χ1) is 4.62. The van der Waals surface area contributed by atoms with Crippen LogP contribution in [0.1, 0.15) is 13.3 Å². The summed E-state index contributed by atoms with van der Waals surface area (Å²) in [7, 11) is -3.60. The van der Waals surface area contributed by atoms with E-state index in [1.807, 2.05) is 6.92 Å². The second-order valence-electron chi connectivity index (χ2n) is 1.45. The third-order valence-electron chi connectivity index (χ3n) is 0.709. The van der Waals surface area contributed by atoms with Crippen LogP contribution in [-0.4, -0.2) is 18.9 Å². The molecule has 10 heavy (non-hydrogen) atoms. The quantitative estimate of drug-likeness (QED) is 0.433. The fourth-order valence-electron chi connectivity index (χ4n) is 0.243. The van der Waals surface area contributed by atoms with Gasteiger partial charge in [0, 0.05) is 0 Å². The molecule has 0 atom stereocenters. The Bertz CT molecular complexity index is 195. The molecular formula is C4H10O4SSi. The second kappa shape index (κ2) is 4.48. The molecule has 0 unspecified atom stereocenters. The van der Waals surface area contributed by atoms with E-state index < -0.39 is 10.4 Å². The minimum absolute atomic E-state index is 0.119. The normalized spacial score (nSPS) is 12.5. The van der Waals surface area contributed by atoms with Crippen LogP contribution >= 0.6 is 0 Å². The molecule has 6 heteroatoms. The van der Waals surface area contributed by atoms with E-state index in [0.717, 1.165) is 12.7 Å². The molecule has 0 fully saturated rings. The van der Waals surface area contributed by atoms with Crippen molar-refractivity contribution in [2.75, 3.05) is 0 Å². The van der Waals surface area contributed by atoms with Crippen molar-refractivity contribution in [2.45, 2.75) is 13.3 Å². The van der Waals surface area contributed by atoms with Gasteiger partial charge in [-0.2, -0.15) is 8.42 Å². The van der Waals surface area contributed by atoms with E-state index in [1.54, 1.807) is 6.08 Å². The molecule has 0 aromatic heterocycles. The van der Waals surface area contributed by atoms with Gasteiger partial charge in [-0.1, -0.05) is 6.92 Å². The van der Waals surface area contributed by atoms with Crippen molar-refractivity contribution in [1.29, 1.82) is 0 Å². The van der Waals surface area contributed by atoms with Crippen molar-refractivity contribution in [1.82, 2.24) is 0 Å². The molecule has 0 amide bonds. The molecule has 0 rings (SSSR count). The summed E-state index contributed by atoms with van der Waals surface area (Å²) >= 11 is 0. The molecule has 60 valence electrons. The highest BCUT2D eigenvalue weighted by Crippen LogP contribution is 1.93. The Hall–Kier alpha value is -0.333. The minimum atomic E-state index is -3.72. The van der Waals surface area contributed by atoms with Crippen LogP contribution in [0.5, 0.6) is 0 Å². The van der Waals surface area contributed by atoms with Crippen LogP contribution in [0.2, 0.25) is 0 Å². The van der Waals surface area contributed by atoms with Gasteiger partial charge in [-0.15, -0.1) is 0 Å². The van der Waals surface area contributed by atoms with E-state index in [-0.39, 0.29) is 10.5 Å². The zero-order valence-corrected chi connectivity index (χ0v) is 8.72. The molecule has 0 saturated heterocycles. The number of hydrogen-bond donors (Lipinski definition) is 0. The predicted octanol–water partition coefficient (Wildman–Crippen LogP) is -0.531. The summed E-state index contributed by atoms with van der Waals surface area (Å²) in [5.41, 5.74) is 0. The highest BCUT2D eigenvalue weighted by Gasteiger charge is 2.03. The van der Waals surface area contributed by atoms with E-state index in [4.69, 9.17) is 0 Å². The maximum Gasteiger partial charge on any atom is 0.437 e. The van der Waals surface area contributed by atoms with E-state index in [1.165, 1.54) is 0 Å². The number of rotatable bonds is 4. The lowest BCUT2D eigenvalue weighted by atomic mass is 10.5. The molecular weight excluding hydrogens is 172 g/mol. The number of allylic oxidation sites excluding steroid dienone is 1. The summed E-state index contributed by atoms with van der Waals surface area (Å²) in [5, 5.41) is 0. The smallest absolute Gasteiger partial charge is 0.371 e. The van der Waals surface area contributed by atoms with Gasteiger partial charge in [0.1, 0.15) is 6.26 Å². The molecule has 0 aromatic rings. The van der Waals surface area contributed by atoms with E-state index >= 15 is 0 Å². The largest absolute Gasteiger partial charge is 0.437 e. The SMILES string of the molecule is CCC=COS(=O)(=O)O[SiH3]. The molecule has 0 bridgehead atoms. The molecule has 4 nitrogen and oxygen atoms in total. The Morgan fingerprint density at radius 2 is 2.20 bits per heavy atom. The average molecular weight is 182 g/mol. The van der Waals surface area contributed by atoms with Gasteiger partial charge >= 0.3 is 10.4 Å². The highest BCUT2D eigenvalue weighted by molar-refractivity contribution is 7.82. The Balaban J connectivity index is 3.80. The lowest BCUT2D eigenvalue weighted by molar-refractivity contribution is 0.371. The summed E-state index contributed by atoms with van der Waals surface area (Å²) in [6, 6.07) is 0. The van der Waals surface area contributed by atoms with E-state index in [2.05, 4.69) is 8.06 Å². The van der Waals surface area contributed by atoms with Crippen LogP contribution in [0.3, 0.4) is 0 Å². The van der Waals surface area contributed by atoms with Crippen LogP contribution in [0, 0.1) is 0 Å². The topological polar surface area (TPSA) is 52.6 Å². The van der Waals surface area contributed by atoms with E-state index in [9.17, 15) is 8.42 Å². The fraction of sp³-hybridized carbons (Fsp3) is 0.500. The summed E-state index contributed by atoms with van der Waals surface area (Å²) in [6.07, 6.45) is 3.42.